The van der Waals surface area contributed by atoms with Crippen LogP contribution in [0, 0.1) is 17.2 Å². The second kappa shape index (κ2) is 6.31. The molecule has 1 aliphatic rings. The molecule has 1 heterocycles. The second-order valence-corrected chi connectivity index (χ2v) is 5.17. The number of carbonyl (C=O) groups is 1. The Bertz CT molecular complexity index is 447. The molecule has 1 N–H and O–H groups in total. The maximum Gasteiger partial charge on any atom is 0.228 e. The van der Waals surface area contributed by atoms with Crippen molar-refractivity contribution in [2.75, 3.05) is 23.4 Å². The average Bonchev–Trinajstić information content (AvgIpc) is 2.92. The monoisotopic (exact) mass is 262 g/mol. The van der Waals surface area contributed by atoms with Crippen molar-refractivity contribution in [1.82, 2.24) is 0 Å². The van der Waals surface area contributed by atoms with Crippen LogP contribution < -0.4 is 10.1 Å². The summed E-state index contributed by atoms with van der Waals surface area (Å²) in [4.78, 5) is 11.9. The minimum atomic E-state index is 0.0327. The number of thioether (sulfide) groups is 1. The highest BCUT2D eigenvalue weighted by Crippen LogP contribution is 2.25. The van der Waals surface area contributed by atoms with Crippen LogP contribution in [0.15, 0.2) is 24.3 Å². The van der Waals surface area contributed by atoms with Crippen molar-refractivity contribution in [3.05, 3.63) is 24.3 Å². The Morgan fingerprint density at radius 3 is 2.89 bits per heavy atom. The van der Waals surface area contributed by atoms with E-state index in [2.05, 4.69) is 5.32 Å². The minimum absolute atomic E-state index is 0.0327. The Hall–Kier alpha value is -1.67. The maximum absolute atomic E-state index is 11.9. The van der Waals surface area contributed by atoms with Gasteiger partial charge in [-0.3, -0.25) is 4.79 Å². The molecule has 1 fully saturated rings. The van der Waals surface area contributed by atoms with Crippen LogP contribution in [-0.4, -0.2) is 24.0 Å². The molecule has 0 aromatic heterocycles. The first-order valence-electron chi connectivity index (χ1n) is 5.78. The second-order valence-electron chi connectivity index (χ2n) is 4.02. The molecule has 0 aliphatic carbocycles. The number of rotatable bonds is 4. The number of nitrogens with one attached hydrogen (secondary N) is 1. The predicted molar refractivity (Wildman–Crippen MR) is 71.6 cm³/mol. The van der Waals surface area contributed by atoms with E-state index in [-0.39, 0.29) is 18.4 Å². The lowest BCUT2D eigenvalue weighted by Gasteiger charge is -2.10. The number of nitriles is 1. The summed E-state index contributed by atoms with van der Waals surface area (Å²) >= 11 is 1.82. The third-order valence-electron chi connectivity index (χ3n) is 2.73. The van der Waals surface area contributed by atoms with E-state index in [9.17, 15) is 4.79 Å². The largest absolute Gasteiger partial charge is 0.479 e. The molecule has 4 nitrogen and oxygen atoms in total. The van der Waals surface area contributed by atoms with Crippen molar-refractivity contribution < 1.29 is 9.53 Å². The van der Waals surface area contributed by atoms with Gasteiger partial charge in [-0.05, 0) is 36.4 Å². The zero-order valence-electron chi connectivity index (χ0n) is 9.89. The number of nitrogens with zero attached hydrogens (tertiary/aromatic N) is 1. The fourth-order valence-electron chi connectivity index (χ4n) is 1.74. The molecule has 1 aliphatic heterocycles. The Kier molecular flexibility index (Phi) is 4.48. The molecule has 1 aromatic rings. The highest BCUT2D eigenvalue weighted by atomic mass is 32.2. The van der Waals surface area contributed by atoms with Crippen molar-refractivity contribution in [1.29, 1.82) is 5.26 Å². The van der Waals surface area contributed by atoms with Crippen LogP contribution in [0.4, 0.5) is 5.69 Å². The van der Waals surface area contributed by atoms with Gasteiger partial charge in [0.15, 0.2) is 6.61 Å². The molecule has 1 aromatic carbocycles. The van der Waals surface area contributed by atoms with Crippen molar-refractivity contribution in [2.24, 2.45) is 5.92 Å². The molecule has 5 heteroatoms. The van der Waals surface area contributed by atoms with E-state index >= 15 is 0 Å². The fourth-order valence-corrected chi connectivity index (χ4v) is 2.96. The zero-order valence-corrected chi connectivity index (χ0v) is 10.7. The van der Waals surface area contributed by atoms with Crippen molar-refractivity contribution >= 4 is 23.4 Å². The van der Waals surface area contributed by atoms with Gasteiger partial charge in [-0.1, -0.05) is 0 Å². The number of carbonyl (C=O) groups excluding carboxylic acids is 1. The lowest BCUT2D eigenvalue weighted by molar-refractivity contribution is -0.119. The van der Waals surface area contributed by atoms with Crippen LogP contribution >= 0.6 is 11.8 Å². The number of benzene rings is 1. The van der Waals surface area contributed by atoms with Gasteiger partial charge in [-0.25, -0.2) is 0 Å². The van der Waals surface area contributed by atoms with Gasteiger partial charge in [0, 0.05) is 17.4 Å². The van der Waals surface area contributed by atoms with Gasteiger partial charge in [0.1, 0.15) is 11.8 Å². The van der Waals surface area contributed by atoms with E-state index < -0.39 is 0 Å². The highest BCUT2D eigenvalue weighted by molar-refractivity contribution is 7.99. The summed E-state index contributed by atoms with van der Waals surface area (Å²) in [6.07, 6.45) is 0.958. The van der Waals surface area contributed by atoms with Crippen LogP contribution in [0.3, 0.4) is 0 Å². The molecule has 0 spiro atoms. The van der Waals surface area contributed by atoms with Gasteiger partial charge < -0.3 is 10.1 Å². The smallest absolute Gasteiger partial charge is 0.228 e. The molecular formula is C13H14N2O2S. The molecule has 0 radical (unpaired) electrons. The molecule has 18 heavy (non-hydrogen) atoms. The molecule has 1 saturated heterocycles. The van der Waals surface area contributed by atoms with E-state index in [1.165, 1.54) is 0 Å². The van der Waals surface area contributed by atoms with E-state index in [0.717, 1.165) is 23.6 Å². The van der Waals surface area contributed by atoms with Crippen molar-refractivity contribution in [3.63, 3.8) is 0 Å². The summed E-state index contributed by atoms with van der Waals surface area (Å²) in [5.74, 6) is 2.83. The summed E-state index contributed by atoms with van der Waals surface area (Å²) in [5, 5.41) is 11.3. The lowest BCUT2D eigenvalue weighted by atomic mass is 10.1. The van der Waals surface area contributed by atoms with Gasteiger partial charge in [0.05, 0.1) is 0 Å². The number of hydrogen-bond acceptors (Lipinski definition) is 4. The third kappa shape index (κ3) is 3.41. The molecule has 1 unspecified atom stereocenters. The van der Waals surface area contributed by atoms with Gasteiger partial charge in [0.2, 0.25) is 5.91 Å². The Balaban J connectivity index is 1.89. The fraction of sp³-hybridized carbons (Fsp3) is 0.385. The third-order valence-corrected chi connectivity index (χ3v) is 3.89. The van der Waals surface area contributed by atoms with E-state index in [4.69, 9.17) is 10.00 Å². The topological polar surface area (TPSA) is 62.1 Å². The highest BCUT2D eigenvalue weighted by Gasteiger charge is 2.22. The first-order chi connectivity index (χ1) is 8.79. The molecule has 1 amide bonds. The van der Waals surface area contributed by atoms with Crippen LogP contribution in [-0.2, 0) is 4.79 Å². The average molecular weight is 262 g/mol. The SMILES string of the molecule is N#CCOc1ccc(NC(=O)C2CCSC2)cc1. The molecule has 94 valence electrons. The Labute approximate surface area is 110 Å². The van der Waals surface area contributed by atoms with Crippen LogP contribution in [0.5, 0.6) is 5.75 Å². The molecule has 0 saturated carbocycles. The molecule has 2 rings (SSSR count). The van der Waals surface area contributed by atoms with Crippen LogP contribution in [0.1, 0.15) is 6.42 Å². The van der Waals surface area contributed by atoms with Gasteiger partial charge in [-0.15, -0.1) is 0 Å². The van der Waals surface area contributed by atoms with Crippen LogP contribution in [0.2, 0.25) is 0 Å². The maximum atomic E-state index is 11.9. The minimum Gasteiger partial charge on any atom is -0.479 e. The normalized spacial score (nSPS) is 18.1. The standard InChI is InChI=1S/C13H14N2O2S/c14-6-7-17-12-3-1-11(2-4-12)15-13(16)10-5-8-18-9-10/h1-4,10H,5,7-9H2,(H,15,16). The van der Waals surface area contributed by atoms with E-state index in [0.29, 0.717) is 5.75 Å². The number of ether oxygens (including phenoxy) is 1. The quantitative estimate of drug-likeness (QED) is 0.904. The number of anilines is 1. The lowest BCUT2D eigenvalue weighted by Crippen LogP contribution is -2.22. The molecular weight excluding hydrogens is 248 g/mol. The first kappa shape index (κ1) is 12.8. The van der Waals surface area contributed by atoms with Gasteiger partial charge in [0.25, 0.3) is 0 Å². The van der Waals surface area contributed by atoms with Gasteiger partial charge in [-0.2, -0.15) is 17.0 Å². The summed E-state index contributed by atoms with van der Waals surface area (Å²) in [5.41, 5.74) is 0.765. The van der Waals surface area contributed by atoms with Crippen molar-refractivity contribution in [3.8, 4) is 11.8 Å². The first-order valence-corrected chi connectivity index (χ1v) is 6.93. The Morgan fingerprint density at radius 1 is 1.50 bits per heavy atom. The Morgan fingerprint density at radius 2 is 2.28 bits per heavy atom. The van der Waals surface area contributed by atoms with E-state index in [1.54, 1.807) is 24.3 Å². The summed E-state index contributed by atoms with van der Waals surface area (Å²) in [6, 6.07) is 8.97. The van der Waals surface area contributed by atoms with E-state index in [1.807, 2.05) is 17.8 Å². The van der Waals surface area contributed by atoms with Crippen LogP contribution in [0.25, 0.3) is 0 Å². The van der Waals surface area contributed by atoms with Gasteiger partial charge >= 0.3 is 0 Å². The summed E-state index contributed by atoms with van der Waals surface area (Å²) in [7, 11) is 0. The summed E-state index contributed by atoms with van der Waals surface area (Å²) < 4.78 is 5.14. The number of hydrogen-bond donors (Lipinski definition) is 1. The molecule has 1 atom stereocenters. The molecule has 0 bridgehead atoms. The summed E-state index contributed by atoms with van der Waals surface area (Å²) in [6.45, 7) is 0.0327. The number of amides is 1. The predicted octanol–water partition coefficient (Wildman–Crippen LogP) is 2.28. The van der Waals surface area contributed by atoms with Crippen molar-refractivity contribution in [2.45, 2.75) is 6.42 Å². The zero-order chi connectivity index (χ0) is 12.8.